The monoisotopic (exact) mass is 383 g/mol. The van der Waals surface area contributed by atoms with Crippen LogP contribution in [0.4, 0.5) is 0 Å². The number of hydrogen-bond donors (Lipinski definition) is 0. The van der Waals surface area contributed by atoms with E-state index >= 15 is 0 Å². The predicted molar refractivity (Wildman–Crippen MR) is 105 cm³/mol. The second kappa shape index (κ2) is 8.82. The van der Waals surface area contributed by atoms with Gasteiger partial charge in [-0.2, -0.15) is 0 Å². The van der Waals surface area contributed by atoms with Gasteiger partial charge in [-0.3, -0.25) is 9.59 Å². The minimum Gasteiger partial charge on any atom is -0.461 e. The Morgan fingerprint density at radius 1 is 1.25 bits per heavy atom. The van der Waals surface area contributed by atoms with Gasteiger partial charge < -0.3 is 13.8 Å². The summed E-state index contributed by atoms with van der Waals surface area (Å²) in [5.74, 6) is 0.259. The highest BCUT2D eigenvalue weighted by Crippen LogP contribution is 2.14. The normalized spacial score (nSPS) is 11.1. The Balaban J connectivity index is 1.72. The van der Waals surface area contributed by atoms with E-state index in [1.54, 1.807) is 18.4 Å². The van der Waals surface area contributed by atoms with Crippen molar-refractivity contribution in [3.63, 3.8) is 0 Å². The van der Waals surface area contributed by atoms with Gasteiger partial charge in [0.25, 0.3) is 5.56 Å². The van der Waals surface area contributed by atoms with Gasteiger partial charge in [0.05, 0.1) is 28.7 Å². The first-order valence-electron chi connectivity index (χ1n) is 9.57. The number of para-hydroxylation sites is 2. The predicted octanol–water partition coefficient (Wildman–Crippen LogP) is 3.48. The van der Waals surface area contributed by atoms with Gasteiger partial charge in [-0.15, -0.1) is 0 Å². The van der Waals surface area contributed by atoms with Crippen LogP contribution in [0.3, 0.4) is 0 Å². The van der Waals surface area contributed by atoms with Crippen LogP contribution in [-0.4, -0.2) is 20.7 Å². The lowest BCUT2D eigenvalue weighted by molar-refractivity contribution is -0.144. The lowest BCUT2D eigenvalue weighted by Crippen LogP contribution is -2.26. The molecule has 0 N–H and O–H groups in total. The Morgan fingerprint density at radius 3 is 2.75 bits per heavy atom. The second-order valence-corrected chi connectivity index (χ2v) is 6.82. The maximum atomic E-state index is 12.9. The van der Waals surface area contributed by atoms with E-state index in [4.69, 9.17) is 9.26 Å². The Morgan fingerprint density at radius 2 is 2.04 bits per heavy atom. The number of hydrogen-bond acceptors (Lipinski definition) is 6. The molecule has 3 rings (SSSR count). The van der Waals surface area contributed by atoms with Crippen molar-refractivity contribution in [1.29, 1.82) is 0 Å². The molecule has 0 aliphatic heterocycles. The Bertz CT molecular complexity index is 1020. The summed E-state index contributed by atoms with van der Waals surface area (Å²) in [4.78, 5) is 29.5. The molecule has 2 aromatic heterocycles. The molecular weight excluding hydrogens is 358 g/mol. The summed E-state index contributed by atoms with van der Waals surface area (Å²) in [5, 5.41) is 3.84. The minimum absolute atomic E-state index is 0.0950. The van der Waals surface area contributed by atoms with E-state index in [-0.39, 0.29) is 31.0 Å². The van der Waals surface area contributed by atoms with Gasteiger partial charge in [0.2, 0.25) is 0 Å². The number of unbranched alkanes of at least 4 members (excludes halogenated alkanes) is 1. The van der Waals surface area contributed by atoms with Crippen LogP contribution in [0, 0.1) is 13.8 Å². The zero-order valence-corrected chi connectivity index (χ0v) is 16.5. The van der Waals surface area contributed by atoms with Gasteiger partial charge in [-0.25, -0.2) is 4.98 Å². The Kier molecular flexibility index (Phi) is 6.23. The number of aryl methyl sites for hydroxylation is 4. The number of rotatable bonds is 8. The number of aromatic nitrogens is 3. The first-order chi connectivity index (χ1) is 13.5. The van der Waals surface area contributed by atoms with Gasteiger partial charge in [0.15, 0.2) is 0 Å². The van der Waals surface area contributed by atoms with E-state index in [1.807, 2.05) is 24.3 Å². The highest BCUT2D eigenvalue weighted by molar-refractivity contribution is 5.75. The van der Waals surface area contributed by atoms with Gasteiger partial charge >= 0.3 is 5.97 Å². The summed E-state index contributed by atoms with van der Waals surface area (Å²) in [5.41, 5.74) is 3.33. The number of ether oxygens (including phenoxy) is 1. The lowest BCUT2D eigenvalue weighted by Gasteiger charge is -2.12. The number of fused-ring (bicyclic) bond motifs is 1. The van der Waals surface area contributed by atoms with E-state index in [1.165, 1.54) is 0 Å². The van der Waals surface area contributed by atoms with Crippen molar-refractivity contribution in [3.05, 3.63) is 57.3 Å². The number of carbonyl (C=O) groups is 1. The van der Waals surface area contributed by atoms with E-state index in [0.29, 0.717) is 23.7 Å². The fourth-order valence-corrected chi connectivity index (χ4v) is 3.10. The molecule has 1 aromatic carbocycles. The van der Waals surface area contributed by atoms with Crippen LogP contribution in [-0.2, 0) is 29.1 Å². The molecule has 0 amide bonds. The maximum absolute atomic E-state index is 12.9. The zero-order valence-electron chi connectivity index (χ0n) is 16.5. The molecule has 7 nitrogen and oxygen atoms in total. The summed E-state index contributed by atoms with van der Waals surface area (Å²) < 4.78 is 12.1. The summed E-state index contributed by atoms with van der Waals surface area (Å²) >= 11 is 0. The molecule has 0 saturated heterocycles. The van der Waals surface area contributed by atoms with Crippen LogP contribution < -0.4 is 5.56 Å². The third-order valence-corrected chi connectivity index (χ3v) is 4.78. The standard InChI is InChI=1S/C21H25N3O4/c1-4-5-12-24-19-9-7-6-8-17(19)22-18(21(24)26)10-11-20(25)27-13-16-14(2)23-28-15(16)3/h6-9H,4-5,10-13H2,1-3H3. The third-order valence-electron chi connectivity index (χ3n) is 4.78. The molecule has 0 unspecified atom stereocenters. The molecule has 28 heavy (non-hydrogen) atoms. The summed E-state index contributed by atoms with van der Waals surface area (Å²) in [6.45, 7) is 6.43. The second-order valence-electron chi connectivity index (χ2n) is 6.82. The van der Waals surface area contributed by atoms with E-state index in [2.05, 4.69) is 17.1 Å². The summed E-state index contributed by atoms with van der Waals surface area (Å²) in [6.07, 6.45) is 2.24. The van der Waals surface area contributed by atoms with E-state index in [0.717, 1.165) is 29.4 Å². The summed E-state index contributed by atoms with van der Waals surface area (Å²) in [7, 11) is 0. The fourth-order valence-electron chi connectivity index (χ4n) is 3.10. The van der Waals surface area contributed by atoms with Crippen molar-refractivity contribution < 1.29 is 14.1 Å². The molecular formula is C21H25N3O4. The van der Waals surface area contributed by atoms with Crippen LogP contribution in [0.25, 0.3) is 11.0 Å². The topological polar surface area (TPSA) is 87.2 Å². The first-order valence-corrected chi connectivity index (χ1v) is 9.57. The van der Waals surface area contributed by atoms with Crippen molar-refractivity contribution in [3.8, 4) is 0 Å². The number of nitrogens with zero attached hydrogens (tertiary/aromatic N) is 3. The smallest absolute Gasteiger partial charge is 0.306 e. The van der Waals surface area contributed by atoms with Crippen molar-refractivity contribution in [2.45, 2.75) is 59.6 Å². The molecule has 0 fully saturated rings. The number of esters is 1. The molecule has 7 heteroatoms. The van der Waals surface area contributed by atoms with Crippen molar-refractivity contribution in [2.24, 2.45) is 0 Å². The number of carbonyl (C=O) groups excluding carboxylic acids is 1. The van der Waals surface area contributed by atoms with Crippen molar-refractivity contribution in [1.82, 2.24) is 14.7 Å². The summed E-state index contributed by atoms with van der Waals surface area (Å²) in [6, 6.07) is 7.58. The van der Waals surface area contributed by atoms with Gasteiger partial charge in [-0.05, 0) is 32.4 Å². The van der Waals surface area contributed by atoms with Crippen LogP contribution in [0.1, 0.15) is 48.9 Å². The average molecular weight is 383 g/mol. The largest absolute Gasteiger partial charge is 0.461 e. The van der Waals surface area contributed by atoms with Crippen LogP contribution in [0.2, 0.25) is 0 Å². The van der Waals surface area contributed by atoms with Crippen molar-refractivity contribution >= 4 is 17.0 Å². The van der Waals surface area contributed by atoms with Crippen molar-refractivity contribution in [2.75, 3.05) is 0 Å². The molecule has 0 bridgehead atoms. The molecule has 0 aliphatic rings. The van der Waals surface area contributed by atoms with Crippen LogP contribution in [0.15, 0.2) is 33.6 Å². The molecule has 3 aromatic rings. The number of benzene rings is 1. The zero-order chi connectivity index (χ0) is 20.1. The SMILES string of the molecule is CCCCn1c(=O)c(CCC(=O)OCc2c(C)noc2C)nc2ccccc21. The van der Waals surface area contributed by atoms with Gasteiger partial charge in [0.1, 0.15) is 18.1 Å². The lowest BCUT2D eigenvalue weighted by atomic mass is 10.2. The quantitative estimate of drug-likeness (QED) is 0.554. The van der Waals surface area contributed by atoms with E-state index in [9.17, 15) is 9.59 Å². The molecule has 0 aliphatic carbocycles. The maximum Gasteiger partial charge on any atom is 0.306 e. The van der Waals surface area contributed by atoms with E-state index < -0.39 is 0 Å². The first kappa shape index (κ1) is 19.8. The molecule has 0 radical (unpaired) electrons. The third kappa shape index (κ3) is 4.30. The Labute approximate surface area is 163 Å². The van der Waals surface area contributed by atoms with Gasteiger partial charge in [0, 0.05) is 13.0 Å². The molecule has 2 heterocycles. The Hall–Kier alpha value is -2.96. The van der Waals surface area contributed by atoms with Crippen LogP contribution >= 0.6 is 0 Å². The van der Waals surface area contributed by atoms with Crippen LogP contribution in [0.5, 0.6) is 0 Å². The molecule has 0 spiro atoms. The molecule has 0 saturated carbocycles. The molecule has 0 atom stereocenters. The highest BCUT2D eigenvalue weighted by Gasteiger charge is 2.15. The fraction of sp³-hybridized carbons (Fsp3) is 0.429. The minimum atomic E-state index is -0.380. The highest BCUT2D eigenvalue weighted by atomic mass is 16.5. The molecule has 148 valence electrons. The average Bonchev–Trinajstić information content (AvgIpc) is 3.01. The van der Waals surface area contributed by atoms with Gasteiger partial charge in [-0.1, -0.05) is 30.6 Å².